The molecule has 0 aromatic carbocycles. The van der Waals surface area contributed by atoms with Gasteiger partial charge in [0.05, 0.1) is 23.8 Å². The van der Waals surface area contributed by atoms with E-state index in [2.05, 4.69) is 15.5 Å². The van der Waals surface area contributed by atoms with E-state index in [1.165, 1.54) is 4.90 Å². The molecule has 3 heterocycles. The highest BCUT2D eigenvalue weighted by molar-refractivity contribution is 5.84. The van der Waals surface area contributed by atoms with E-state index in [-0.39, 0.29) is 18.7 Å². The Morgan fingerprint density at radius 1 is 1.30 bits per heavy atom. The minimum Gasteiger partial charge on any atom is -0.444 e. The quantitative estimate of drug-likeness (QED) is 0.633. The summed E-state index contributed by atoms with van der Waals surface area (Å²) in [5.74, 6) is -1.73. The first kappa shape index (κ1) is 23.2. The molecular formula is C22H30F2N6O3. The van der Waals surface area contributed by atoms with Crippen molar-refractivity contribution >= 4 is 17.8 Å². The second-order valence-electron chi connectivity index (χ2n) is 9.89. The molecule has 1 saturated heterocycles. The lowest BCUT2D eigenvalue weighted by molar-refractivity contribution is -0.145. The minimum atomic E-state index is -0.906. The molecule has 2 unspecified atom stereocenters. The van der Waals surface area contributed by atoms with Gasteiger partial charge in [-0.25, -0.2) is 13.6 Å². The molecule has 9 nitrogen and oxygen atoms in total. The van der Waals surface area contributed by atoms with Gasteiger partial charge in [0.25, 0.3) is 0 Å². The fraction of sp³-hybridized carbons (Fsp3) is 0.591. The molecule has 0 spiro atoms. The van der Waals surface area contributed by atoms with Crippen LogP contribution in [0.2, 0.25) is 0 Å². The van der Waals surface area contributed by atoms with Gasteiger partial charge in [-0.2, -0.15) is 5.10 Å². The molecule has 1 aliphatic carbocycles. The molecule has 0 bridgehead atoms. The van der Waals surface area contributed by atoms with Crippen molar-refractivity contribution in [2.75, 3.05) is 12.8 Å². The van der Waals surface area contributed by atoms with Gasteiger partial charge in [-0.3, -0.25) is 14.8 Å². The van der Waals surface area contributed by atoms with Crippen LogP contribution in [0, 0.1) is 5.92 Å². The van der Waals surface area contributed by atoms with Crippen molar-refractivity contribution in [1.82, 2.24) is 25.3 Å². The van der Waals surface area contributed by atoms with Crippen LogP contribution in [0.25, 0.3) is 0 Å². The minimum absolute atomic E-state index is 0.182. The highest BCUT2D eigenvalue weighted by Gasteiger charge is 2.49. The Bertz CT molecular complexity index is 1010. The van der Waals surface area contributed by atoms with E-state index >= 15 is 0 Å². The van der Waals surface area contributed by atoms with Crippen molar-refractivity contribution in [1.29, 1.82) is 0 Å². The summed E-state index contributed by atoms with van der Waals surface area (Å²) in [6.45, 7) is 6.10. The first-order chi connectivity index (χ1) is 15.4. The van der Waals surface area contributed by atoms with Gasteiger partial charge >= 0.3 is 6.09 Å². The highest BCUT2D eigenvalue weighted by Crippen LogP contribution is 2.38. The number of halogens is 2. The van der Waals surface area contributed by atoms with E-state index in [9.17, 15) is 18.4 Å². The molecule has 4 atom stereocenters. The number of H-pyrrole nitrogens is 1. The number of hydrogen-bond acceptors (Lipinski definition) is 6. The van der Waals surface area contributed by atoms with E-state index in [0.29, 0.717) is 18.9 Å². The van der Waals surface area contributed by atoms with E-state index in [4.69, 9.17) is 10.5 Å². The van der Waals surface area contributed by atoms with Gasteiger partial charge in [-0.05, 0) is 39.3 Å². The topological polar surface area (TPSA) is 117 Å². The first-order valence-corrected chi connectivity index (χ1v) is 11.0. The number of nitrogens with two attached hydrogens (primary N) is 1. The van der Waals surface area contributed by atoms with Crippen LogP contribution in [0.4, 0.5) is 19.4 Å². The largest absolute Gasteiger partial charge is 0.444 e. The van der Waals surface area contributed by atoms with Gasteiger partial charge in [0, 0.05) is 38.0 Å². The number of nitrogens with one attached hydrogen (secondary N) is 2. The highest BCUT2D eigenvalue weighted by atomic mass is 19.1. The van der Waals surface area contributed by atoms with Gasteiger partial charge in [0.2, 0.25) is 5.91 Å². The average Bonchev–Trinajstić information content (AvgIpc) is 3.27. The third-order valence-electron chi connectivity index (χ3n) is 6.42. The van der Waals surface area contributed by atoms with Gasteiger partial charge in [-0.1, -0.05) is 0 Å². The van der Waals surface area contributed by atoms with Crippen molar-refractivity contribution in [2.45, 2.75) is 70.4 Å². The number of piperidine rings is 1. The Hall–Kier alpha value is -2.95. The average molecular weight is 465 g/mol. The molecule has 1 aromatic heterocycles. The van der Waals surface area contributed by atoms with E-state index in [1.54, 1.807) is 27.8 Å². The number of rotatable bonds is 3. The molecular weight excluding hydrogens is 434 g/mol. The zero-order chi connectivity index (χ0) is 24.1. The number of likely N-dealkylation sites (N-methyl/N-ethyl adjacent to an activating group) is 1. The van der Waals surface area contributed by atoms with E-state index in [0.717, 1.165) is 23.4 Å². The second kappa shape index (κ2) is 8.44. The number of aromatic amines is 1. The van der Waals surface area contributed by atoms with Crippen LogP contribution in [0.5, 0.6) is 0 Å². The number of nitrogen functional groups attached to an aromatic ring is 1. The molecule has 2 amide bonds. The summed E-state index contributed by atoms with van der Waals surface area (Å²) in [4.78, 5) is 29.4. The molecule has 33 heavy (non-hydrogen) atoms. The van der Waals surface area contributed by atoms with Crippen LogP contribution in [0.1, 0.15) is 44.9 Å². The number of hydrogen-bond donors (Lipinski definition) is 3. The molecule has 180 valence electrons. The van der Waals surface area contributed by atoms with Gasteiger partial charge in [-0.15, -0.1) is 0 Å². The molecule has 0 saturated carbocycles. The number of ether oxygens (including phenoxy) is 1. The van der Waals surface area contributed by atoms with Gasteiger partial charge in [0.1, 0.15) is 23.1 Å². The number of nitrogens with zero attached hydrogens (tertiary/aromatic N) is 3. The molecule has 1 fully saturated rings. The lowest BCUT2D eigenvalue weighted by Gasteiger charge is -2.47. The van der Waals surface area contributed by atoms with Crippen molar-refractivity contribution in [3.8, 4) is 0 Å². The zero-order valence-electron chi connectivity index (χ0n) is 19.2. The van der Waals surface area contributed by atoms with E-state index in [1.807, 2.05) is 4.90 Å². The second-order valence-corrected chi connectivity index (χ2v) is 9.89. The van der Waals surface area contributed by atoms with Crippen molar-refractivity contribution in [3.05, 3.63) is 35.1 Å². The Balaban J connectivity index is 1.60. The number of carbonyl (C=O) groups excluding carboxylic acids is 2. The number of likely N-dealkylation sites (tertiary alicyclic amines) is 1. The number of fused-ring (bicyclic) bond motifs is 1. The summed E-state index contributed by atoms with van der Waals surface area (Å²) in [5, 5.41) is 9.71. The number of alkyl carbamates (subject to hydrolysis) is 1. The maximum absolute atomic E-state index is 14.8. The maximum atomic E-state index is 14.8. The van der Waals surface area contributed by atoms with Crippen molar-refractivity contribution in [3.63, 3.8) is 0 Å². The summed E-state index contributed by atoms with van der Waals surface area (Å²) in [6.07, 6.45) is 1.54. The first-order valence-electron chi connectivity index (χ1n) is 11.0. The van der Waals surface area contributed by atoms with Crippen LogP contribution < -0.4 is 11.1 Å². The molecule has 2 aliphatic heterocycles. The summed E-state index contributed by atoms with van der Waals surface area (Å²) >= 11 is 0. The molecule has 4 rings (SSSR count). The molecule has 3 aliphatic rings. The van der Waals surface area contributed by atoms with E-state index < -0.39 is 47.4 Å². The SMILES string of the molecule is CN1C(=O)[C@@H](N2Cc3[nH]nc(N)c3C2)CC(NC(=O)OC(C)(C)C)[C@H]1C1CC(F)=CC=C1F. The number of amides is 2. The molecule has 11 heteroatoms. The van der Waals surface area contributed by atoms with Crippen LogP contribution in [0.3, 0.4) is 0 Å². The summed E-state index contributed by atoms with van der Waals surface area (Å²) in [5.41, 5.74) is 6.87. The Morgan fingerprint density at radius 3 is 2.70 bits per heavy atom. The van der Waals surface area contributed by atoms with Gasteiger partial charge < -0.3 is 20.7 Å². The van der Waals surface area contributed by atoms with Crippen molar-refractivity contribution < 1.29 is 23.1 Å². The number of aromatic nitrogens is 2. The fourth-order valence-electron chi connectivity index (χ4n) is 4.95. The smallest absolute Gasteiger partial charge is 0.407 e. The van der Waals surface area contributed by atoms with Crippen molar-refractivity contribution in [2.24, 2.45) is 5.92 Å². The number of carbonyl (C=O) groups is 2. The monoisotopic (exact) mass is 464 g/mol. The lowest BCUT2D eigenvalue weighted by atomic mass is 9.80. The third-order valence-corrected chi connectivity index (χ3v) is 6.42. The zero-order valence-corrected chi connectivity index (χ0v) is 19.2. The third kappa shape index (κ3) is 4.59. The van der Waals surface area contributed by atoms with Crippen LogP contribution >= 0.6 is 0 Å². The fourth-order valence-corrected chi connectivity index (χ4v) is 4.95. The Labute approximate surface area is 191 Å². The summed E-state index contributed by atoms with van der Waals surface area (Å²) in [7, 11) is 1.57. The summed E-state index contributed by atoms with van der Waals surface area (Å²) in [6, 6.07) is -2.01. The standard InChI is InChI=1S/C22H30F2N6O3/c1-22(2,3)33-21(32)26-15-8-17(30-9-13-16(10-30)27-28-19(13)25)20(31)29(4)18(15)12-7-11(23)5-6-14(12)24/h5-6,12,15,17-18H,7-10H2,1-4H3,(H,26,32)(H3,25,27,28)/t12?,15?,17-,18+/m0/s1. The molecule has 0 radical (unpaired) electrons. The van der Waals surface area contributed by atoms with Crippen LogP contribution in [-0.4, -0.2) is 62.8 Å². The number of allylic oxidation sites excluding steroid dienone is 3. The van der Waals surface area contributed by atoms with Crippen LogP contribution in [-0.2, 0) is 22.6 Å². The predicted molar refractivity (Wildman–Crippen MR) is 117 cm³/mol. The number of anilines is 1. The Kier molecular flexibility index (Phi) is 5.94. The molecule has 1 aromatic rings. The normalized spacial score (nSPS) is 28.3. The van der Waals surface area contributed by atoms with Crippen LogP contribution in [0.15, 0.2) is 23.8 Å². The predicted octanol–water partition coefficient (Wildman–Crippen LogP) is 2.53. The maximum Gasteiger partial charge on any atom is 0.407 e. The summed E-state index contributed by atoms with van der Waals surface area (Å²) < 4.78 is 34.3. The Morgan fingerprint density at radius 2 is 2.03 bits per heavy atom. The lowest BCUT2D eigenvalue weighted by Crippen LogP contribution is -2.65. The molecule has 4 N–H and O–H groups in total. The van der Waals surface area contributed by atoms with Gasteiger partial charge in [0.15, 0.2) is 0 Å².